The molecule has 0 spiro atoms. The molecule has 2 unspecified atom stereocenters. The third-order valence-corrected chi connectivity index (χ3v) is 4.75. The molecule has 18 heavy (non-hydrogen) atoms. The van der Waals surface area contributed by atoms with Crippen molar-refractivity contribution in [2.24, 2.45) is 0 Å². The van der Waals surface area contributed by atoms with Gasteiger partial charge in [0.25, 0.3) is 0 Å². The first-order valence-electron chi connectivity index (χ1n) is 6.88. The number of pyridine rings is 1. The molecule has 0 saturated carbocycles. The number of rotatable bonds is 1. The number of aromatic nitrogens is 1. The summed E-state index contributed by atoms with van der Waals surface area (Å²) in [6.07, 6.45) is 4.19. The molecule has 3 nitrogen and oxygen atoms in total. The standard InChI is InChI=1S/C15H22N2O/c1-10-6-12(7-11(2)16-10)15(18)8-13-4-5-14(9-15)17(13)3/h6-7,13-14,18H,4-5,8-9H2,1-3H3. The molecule has 2 saturated heterocycles. The lowest BCUT2D eigenvalue weighted by molar-refractivity contribution is -0.0494. The maximum atomic E-state index is 11.0. The Labute approximate surface area is 109 Å². The molecular formula is C15H22N2O. The van der Waals surface area contributed by atoms with Crippen LogP contribution in [0, 0.1) is 13.8 Å². The number of aryl methyl sites for hydroxylation is 2. The van der Waals surface area contributed by atoms with Crippen LogP contribution in [-0.4, -0.2) is 34.1 Å². The summed E-state index contributed by atoms with van der Waals surface area (Å²) in [5, 5.41) is 11.0. The van der Waals surface area contributed by atoms with Gasteiger partial charge >= 0.3 is 0 Å². The Morgan fingerprint density at radius 3 is 2.17 bits per heavy atom. The van der Waals surface area contributed by atoms with E-state index in [1.165, 1.54) is 12.8 Å². The third kappa shape index (κ3) is 1.86. The van der Waals surface area contributed by atoms with Crippen molar-refractivity contribution in [2.75, 3.05) is 7.05 Å². The molecule has 3 heteroatoms. The molecule has 0 amide bonds. The lowest BCUT2D eigenvalue weighted by Gasteiger charge is -2.42. The maximum Gasteiger partial charge on any atom is 0.0927 e. The number of piperidine rings is 1. The minimum atomic E-state index is -0.642. The van der Waals surface area contributed by atoms with E-state index >= 15 is 0 Å². The Balaban J connectivity index is 1.96. The van der Waals surface area contributed by atoms with Gasteiger partial charge in [-0.2, -0.15) is 0 Å². The summed E-state index contributed by atoms with van der Waals surface area (Å²) < 4.78 is 0. The van der Waals surface area contributed by atoms with Crippen LogP contribution in [0.4, 0.5) is 0 Å². The Morgan fingerprint density at radius 1 is 1.17 bits per heavy atom. The molecule has 2 aliphatic heterocycles. The molecule has 0 aromatic carbocycles. The number of nitrogens with zero attached hydrogens (tertiary/aromatic N) is 2. The van der Waals surface area contributed by atoms with Gasteiger partial charge in [-0.25, -0.2) is 0 Å². The van der Waals surface area contributed by atoms with Crippen LogP contribution in [0.1, 0.15) is 42.6 Å². The average Bonchev–Trinajstić information content (AvgIpc) is 2.52. The first kappa shape index (κ1) is 12.1. The molecule has 98 valence electrons. The molecule has 0 radical (unpaired) electrons. The predicted octanol–water partition coefficient (Wildman–Crippen LogP) is 2.14. The van der Waals surface area contributed by atoms with E-state index < -0.39 is 5.60 Å². The zero-order chi connectivity index (χ0) is 12.9. The van der Waals surface area contributed by atoms with Gasteiger partial charge in [0.05, 0.1) is 5.60 Å². The molecule has 2 aliphatic rings. The van der Waals surface area contributed by atoms with Crippen molar-refractivity contribution in [1.82, 2.24) is 9.88 Å². The first-order chi connectivity index (χ1) is 8.48. The van der Waals surface area contributed by atoms with Crippen molar-refractivity contribution in [3.05, 3.63) is 29.1 Å². The Hall–Kier alpha value is -0.930. The highest BCUT2D eigenvalue weighted by atomic mass is 16.3. The van der Waals surface area contributed by atoms with Crippen LogP contribution in [0.5, 0.6) is 0 Å². The van der Waals surface area contributed by atoms with Crippen LogP contribution in [0.2, 0.25) is 0 Å². The number of hydrogen-bond acceptors (Lipinski definition) is 3. The van der Waals surface area contributed by atoms with Gasteiger partial charge < -0.3 is 10.0 Å². The Morgan fingerprint density at radius 2 is 1.67 bits per heavy atom. The minimum Gasteiger partial charge on any atom is -0.385 e. The number of aliphatic hydroxyl groups is 1. The van der Waals surface area contributed by atoms with E-state index in [0.717, 1.165) is 29.8 Å². The van der Waals surface area contributed by atoms with Gasteiger partial charge in [-0.05, 0) is 64.3 Å². The van der Waals surface area contributed by atoms with E-state index in [0.29, 0.717) is 12.1 Å². The topological polar surface area (TPSA) is 36.4 Å². The van der Waals surface area contributed by atoms with Crippen LogP contribution < -0.4 is 0 Å². The van der Waals surface area contributed by atoms with Crippen LogP contribution in [0.15, 0.2) is 12.1 Å². The van der Waals surface area contributed by atoms with Gasteiger partial charge in [0.2, 0.25) is 0 Å². The molecule has 1 N–H and O–H groups in total. The minimum absolute atomic E-state index is 0.544. The van der Waals surface area contributed by atoms with Crippen LogP contribution in [0.3, 0.4) is 0 Å². The second kappa shape index (κ2) is 4.04. The molecule has 1 aromatic heterocycles. The van der Waals surface area contributed by atoms with Gasteiger partial charge in [-0.3, -0.25) is 4.98 Å². The van der Waals surface area contributed by atoms with E-state index in [9.17, 15) is 5.11 Å². The van der Waals surface area contributed by atoms with Gasteiger partial charge in [0.1, 0.15) is 0 Å². The van der Waals surface area contributed by atoms with E-state index in [4.69, 9.17) is 0 Å². The second-order valence-corrected chi connectivity index (χ2v) is 6.13. The van der Waals surface area contributed by atoms with Gasteiger partial charge in [0, 0.05) is 23.5 Å². The summed E-state index contributed by atoms with van der Waals surface area (Å²) >= 11 is 0. The fourth-order valence-electron chi connectivity index (χ4n) is 3.78. The van der Waals surface area contributed by atoms with Crippen LogP contribution >= 0.6 is 0 Å². The highest BCUT2D eigenvalue weighted by molar-refractivity contribution is 5.28. The lowest BCUT2D eigenvalue weighted by Crippen LogP contribution is -2.47. The van der Waals surface area contributed by atoms with Gasteiger partial charge in [0.15, 0.2) is 0 Å². The fourth-order valence-corrected chi connectivity index (χ4v) is 3.78. The number of hydrogen-bond donors (Lipinski definition) is 1. The zero-order valence-corrected chi connectivity index (χ0v) is 11.5. The molecule has 2 atom stereocenters. The van der Waals surface area contributed by atoms with Crippen molar-refractivity contribution >= 4 is 0 Å². The average molecular weight is 246 g/mol. The van der Waals surface area contributed by atoms with E-state index in [1.807, 2.05) is 13.8 Å². The molecule has 3 heterocycles. The fraction of sp³-hybridized carbons (Fsp3) is 0.667. The van der Waals surface area contributed by atoms with Crippen molar-refractivity contribution in [1.29, 1.82) is 0 Å². The third-order valence-electron chi connectivity index (χ3n) is 4.75. The maximum absolute atomic E-state index is 11.0. The predicted molar refractivity (Wildman–Crippen MR) is 71.4 cm³/mol. The lowest BCUT2D eigenvalue weighted by atomic mass is 9.80. The summed E-state index contributed by atoms with van der Waals surface area (Å²) in [6, 6.07) is 5.19. The van der Waals surface area contributed by atoms with E-state index in [2.05, 4.69) is 29.1 Å². The molecule has 2 fully saturated rings. The largest absolute Gasteiger partial charge is 0.385 e. The van der Waals surface area contributed by atoms with E-state index in [-0.39, 0.29) is 0 Å². The number of fused-ring (bicyclic) bond motifs is 2. The van der Waals surface area contributed by atoms with Crippen molar-refractivity contribution in [3.63, 3.8) is 0 Å². The highest BCUT2D eigenvalue weighted by Crippen LogP contribution is 2.44. The smallest absolute Gasteiger partial charge is 0.0927 e. The van der Waals surface area contributed by atoms with Crippen LogP contribution in [-0.2, 0) is 5.60 Å². The molecule has 3 rings (SSSR count). The quantitative estimate of drug-likeness (QED) is 0.825. The normalized spacial score (nSPS) is 36.0. The van der Waals surface area contributed by atoms with Gasteiger partial charge in [-0.1, -0.05) is 0 Å². The van der Waals surface area contributed by atoms with E-state index in [1.54, 1.807) is 0 Å². The monoisotopic (exact) mass is 246 g/mol. The molecule has 2 bridgehead atoms. The summed E-state index contributed by atoms with van der Waals surface area (Å²) in [7, 11) is 2.20. The van der Waals surface area contributed by atoms with Crippen molar-refractivity contribution < 1.29 is 5.11 Å². The summed E-state index contributed by atoms with van der Waals surface area (Å²) in [5.41, 5.74) is 2.43. The van der Waals surface area contributed by atoms with Crippen LogP contribution in [0.25, 0.3) is 0 Å². The molecule has 0 aliphatic carbocycles. The van der Waals surface area contributed by atoms with Gasteiger partial charge in [-0.15, -0.1) is 0 Å². The summed E-state index contributed by atoms with van der Waals surface area (Å²) in [6.45, 7) is 4.01. The SMILES string of the molecule is Cc1cc(C2(O)CC3CCC(C2)N3C)cc(C)n1. The Bertz CT molecular complexity index is 437. The first-order valence-corrected chi connectivity index (χ1v) is 6.88. The molecule has 1 aromatic rings. The van der Waals surface area contributed by atoms with Crippen molar-refractivity contribution in [2.45, 2.75) is 57.2 Å². The summed E-state index contributed by atoms with van der Waals surface area (Å²) in [4.78, 5) is 6.86. The highest BCUT2D eigenvalue weighted by Gasteiger charge is 2.46. The zero-order valence-electron chi connectivity index (χ0n) is 11.5. The summed E-state index contributed by atoms with van der Waals surface area (Å²) in [5.74, 6) is 0. The Kier molecular flexibility index (Phi) is 2.72. The molecular weight excluding hydrogens is 224 g/mol. The van der Waals surface area contributed by atoms with Crippen molar-refractivity contribution in [3.8, 4) is 0 Å². The second-order valence-electron chi connectivity index (χ2n) is 6.13.